The summed E-state index contributed by atoms with van der Waals surface area (Å²) in [6, 6.07) is 0. The summed E-state index contributed by atoms with van der Waals surface area (Å²) in [6.45, 7) is 9.50. The Balaban J connectivity index is 2.28. The van der Waals surface area contributed by atoms with E-state index in [0.717, 1.165) is 5.47 Å². The van der Waals surface area contributed by atoms with Gasteiger partial charge < -0.3 is 15.0 Å². The first-order valence-electron chi connectivity index (χ1n) is 7.38. The number of nitrogen functional groups attached to an aromatic ring is 1. The highest BCUT2D eigenvalue weighted by Gasteiger charge is 2.52. The van der Waals surface area contributed by atoms with Gasteiger partial charge in [-0.15, -0.1) is 0 Å². The second-order valence-corrected chi connectivity index (χ2v) is 7.61. The summed E-state index contributed by atoms with van der Waals surface area (Å²) in [4.78, 5) is 19.6. The first-order chi connectivity index (χ1) is 10.6. The lowest BCUT2D eigenvalue weighted by Gasteiger charge is -2.32. The van der Waals surface area contributed by atoms with E-state index in [1.807, 2.05) is 33.8 Å². The monoisotopic (exact) mass is 335 g/mol. The van der Waals surface area contributed by atoms with Gasteiger partial charge in [-0.1, -0.05) is 11.8 Å². The lowest BCUT2D eigenvalue weighted by molar-refractivity contribution is -0.109. The molecule has 2 rings (SSSR count). The summed E-state index contributed by atoms with van der Waals surface area (Å²) in [5.41, 5.74) is 6.16. The van der Waals surface area contributed by atoms with Crippen molar-refractivity contribution in [3.63, 3.8) is 0 Å². The van der Waals surface area contributed by atoms with Gasteiger partial charge in [0, 0.05) is 12.7 Å². The molecule has 1 aliphatic heterocycles. The Morgan fingerprint density at radius 1 is 1.26 bits per heavy atom. The second-order valence-electron chi connectivity index (χ2n) is 6.45. The number of carbonyl (C=O) groups is 1. The molecule has 0 spiro atoms. The summed E-state index contributed by atoms with van der Waals surface area (Å²) < 4.78 is 12.1. The van der Waals surface area contributed by atoms with E-state index in [2.05, 4.69) is 9.97 Å². The normalized spacial score (nSPS) is 19.9. The SMILES string of the molecule is CC(=O)SCC(=Cc1cnc(N)cn1)B1OC(C)(C)C(C)(C)O1. The second kappa shape index (κ2) is 6.63. The zero-order valence-electron chi connectivity index (χ0n) is 14.1. The van der Waals surface area contributed by atoms with Crippen LogP contribution in [0.1, 0.15) is 40.3 Å². The Bertz CT molecular complexity index is 601. The van der Waals surface area contributed by atoms with Crippen molar-refractivity contribution in [3.8, 4) is 0 Å². The molecule has 0 bridgehead atoms. The molecule has 0 amide bonds. The predicted molar refractivity (Wildman–Crippen MR) is 93.6 cm³/mol. The van der Waals surface area contributed by atoms with Crippen LogP contribution in [0.15, 0.2) is 17.9 Å². The van der Waals surface area contributed by atoms with Gasteiger partial charge in [0.15, 0.2) is 5.12 Å². The molecule has 1 aromatic heterocycles. The summed E-state index contributed by atoms with van der Waals surface area (Å²) >= 11 is 1.21. The van der Waals surface area contributed by atoms with Crippen LogP contribution in [0.2, 0.25) is 0 Å². The number of nitrogens with zero attached hydrogens (tertiary/aromatic N) is 2. The molecule has 0 atom stereocenters. The molecule has 0 aromatic carbocycles. The lowest BCUT2D eigenvalue weighted by Crippen LogP contribution is -2.41. The summed E-state index contributed by atoms with van der Waals surface area (Å²) in [5, 5.41) is 0.0378. The minimum Gasteiger partial charge on any atom is -0.400 e. The molecule has 23 heavy (non-hydrogen) atoms. The van der Waals surface area contributed by atoms with Crippen LogP contribution in [0.25, 0.3) is 6.08 Å². The van der Waals surface area contributed by atoms with Crippen LogP contribution in [0.3, 0.4) is 0 Å². The zero-order chi connectivity index (χ0) is 17.3. The minimum atomic E-state index is -0.522. The maximum absolute atomic E-state index is 11.3. The molecule has 2 N–H and O–H groups in total. The highest BCUT2D eigenvalue weighted by atomic mass is 32.2. The fourth-order valence-corrected chi connectivity index (χ4v) is 2.56. The van der Waals surface area contributed by atoms with Gasteiger partial charge in [0.25, 0.3) is 0 Å². The standard InChI is InChI=1S/C15H22BN3O3S/c1-10(20)23-9-11(6-12-7-19-13(17)8-18-12)16-21-14(2,3)15(4,5)22-16/h6-8H,9H2,1-5H3,(H2,17,19). The predicted octanol–water partition coefficient (Wildman–Crippen LogP) is 2.35. The Morgan fingerprint density at radius 2 is 1.87 bits per heavy atom. The fraction of sp³-hybridized carbons (Fsp3) is 0.533. The Labute approximate surface area is 141 Å². The number of hydrogen-bond acceptors (Lipinski definition) is 7. The van der Waals surface area contributed by atoms with Crippen LogP contribution in [0.4, 0.5) is 5.82 Å². The lowest BCUT2D eigenvalue weighted by atomic mass is 9.78. The molecular formula is C15H22BN3O3S. The number of thioether (sulfide) groups is 1. The van der Waals surface area contributed by atoms with Crippen LogP contribution >= 0.6 is 11.8 Å². The van der Waals surface area contributed by atoms with Gasteiger partial charge >= 0.3 is 7.12 Å². The van der Waals surface area contributed by atoms with Crippen molar-refractivity contribution < 1.29 is 14.1 Å². The van der Waals surface area contributed by atoms with Gasteiger partial charge in [-0.05, 0) is 39.2 Å². The third kappa shape index (κ3) is 4.34. The molecule has 1 aromatic rings. The number of hydrogen-bond donors (Lipinski definition) is 1. The number of anilines is 1. The summed E-state index contributed by atoms with van der Waals surface area (Å²) in [7, 11) is -0.522. The molecule has 1 saturated heterocycles. The van der Waals surface area contributed by atoms with Gasteiger partial charge in [0.1, 0.15) is 5.82 Å². The Kier molecular flexibility index (Phi) is 5.18. The van der Waals surface area contributed by atoms with E-state index in [9.17, 15) is 4.79 Å². The first kappa shape index (κ1) is 18.0. The molecule has 1 fully saturated rings. The zero-order valence-corrected chi connectivity index (χ0v) is 14.9. The maximum atomic E-state index is 11.3. The number of carbonyl (C=O) groups excluding carboxylic acids is 1. The van der Waals surface area contributed by atoms with Crippen molar-refractivity contribution in [2.45, 2.75) is 45.8 Å². The molecule has 6 nitrogen and oxygen atoms in total. The van der Waals surface area contributed by atoms with Gasteiger partial charge in [0.05, 0.1) is 29.3 Å². The van der Waals surface area contributed by atoms with Crippen LogP contribution < -0.4 is 5.73 Å². The van der Waals surface area contributed by atoms with E-state index in [0.29, 0.717) is 17.3 Å². The molecule has 0 unspecified atom stereocenters. The van der Waals surface area contributed by atoms with Gasteiger partial charge in [0.2, 0.25) is 0 Å². The number of aromatic nitrogens is 2. The van der Waals surface area contributed by atoms with E-state index in [1.165, 1.54) is 24.9 Å². The van der Waals surface area contributed by atoms with Gasteiger partial charge in [-0.25, -0.2) is 4.98 Å². The smallest absolute Gasteiger partial charge is 0.400 e. The van der Waals surface area contributed by atoms with Crippen molar-refractivity contribution >= 4 is 35.9 Å². The van der Waals surface area contributed by atoms with Gasteiger partial charge in [-0.3, -0.25) is 9.78 Å². The van der Waals surface area contributed by atoms with E-state index in [1.54, 1.807) is 6.20 Å². The average molecular weight is 335 g/mol. The number of rotatable bonds is 4. The van der Waals surface area contributed by atoms with Crippen molar-refractivity contribution in [1.29, 1.82) is 0 Å². The molecule has 0 aliphatic carbocycles. The van der Waals surface area contributed by atoms with E-state index in [4.69, 9.17) is 15.0 Å². The summed E-state index contributed by atoms with van der Waals surface area (Å²) in [5.74, 6) is 0.829. The van der Waals surface area contributed by atoms with Crippen LogP contribution in [0.5, 0.6) is 0 Å². The fourth-order valence-electron chi connectivity index (χ4n) is 1.97. The van der Waals surface area contributed by atoms with Crippen molar-refractivity contribution in [3.05, 3.63) is 23.6 Å². The van der Waals surface area contributed by atoms with Crippen molar-refractivity contribution in [2.75, 3.05) is 11.5 Å². The molecule has 1 aliphatic rings. The van der Waals surface area contributed by atoms with Crippen molar-refractivity contribution in [1.82, 2.24) is 9.97 Å². The molecule has 2 heterocycles. The van der Waals surface area contributed by atoms with Gasteiger partial charge in [-0.2, -0.15) is 0 Å². The molecule has 124 valence electrons. The largest absolute Gasteiger partial charge is 0.491 e. The van der Waals surface area contributed by atoms with E-state index in [-0.39, 0.29) is 5.12 Å². The average Bonchev–Trinajstić information content (AvgIpc) is 2.65. The molecule has 8 heteroatoms. The first-order valence-corrected chi connectivity index (χ1v) is 8.36. The quantitative estimate of drug-likeness (QED) is 0.845. The van der Waals surface area contributed by atoms with E-state index < -0.39 is 18.3 Å². The maximum Gasteiger partial charge on any atom is 0.491 e. The Hall–Kier alpha value is -1.38. The van der Waals surface area contributed by atoms with Crippen LogP contribution in [0, 0.1) is 0 Å². The molecule has 0 radical (unpaired) electrons. The van der Waals surface area contributed by atoms with Crippen molar-refractivity contribution in [2.24, 2.45) is 0 Å². The van der Waals surface area contributed by atoms with Crippen LogP contribution in [-0.2, 0) is 14.1 Å². The topological polar surface area (TPSA) is 87.3 Å². The third-order valence-corrected chi connectivity index (χ3v) is 4.91. The molecule has 0 saturated carbocycles. The van der Waals surface area contributed by atoms with E-state index >= 15 is 0 Å². The van der Waals surface area contributed by atoms with Crippen LogP contribution in [-0.4, -0.2) is 39.2 Å². The number of nitrogens with two attached hydrogens (primary N) is 1. The molecular weight excluding hydrogens is 313 g/mol. The Morgan fingerprint density at radius 3 is 2.35 bits per heavy atom. The highest BCUT2D eigenvalue weighted by molar-refractivity contribution is 8.13. The third-order valence-electron chi connectivity index (χ3n) is 4.02. The minimum absolute atomic E-state index is 0.0378. The highest BCUT2D eigenvalue weighted by Crippen LogP contribution is 2.39. The summed E-state index contributed by atoms with van der Waals surface area (Å²) in [6.07, 6.45) is 4.91.